The molecule has 1 aromatic heterocycles. The van der Waals surface area contributed by atoms with Gasteiger partial charge in [-0.25, -0.2) is 9.78 Å². The highest BCUT2D eigenvalue weighted by Gasteiger charge is 2.15. The van der Waals surface area contributed by atoms with E-state index in [1.54, 1.807) is 6.20 Å². The zero-order chi connectivity index (χ0) is 14.2. The molecule has 1 saturated heterocycles. The topological polar surface area (TPSA) is 54.5 Å². The van der Waals surface area contributed by atoms with Gasteiger partial charge in [0, 0.05) is 43.4 Å². The Morgan fingerprint density at radius 3 is 2.90 bits per heavy atom. The van der Waals surface area contributed by atoms with E-state index in [1.807, 2.05) is 28.8 Å². The average Bonchev–Trinajstić information content (AvgIpc) is 2.52. The van der Waals surface area contributed by atoms with Crippen molar-refractivity contribution < 1.29 is 9.53 Å². The summed E-state index contributed by atoms with van der Waals surface area (Å²) < 4.78 is 5.42. The van der Waals surface area contributed by atoms with E-state index in [4.69, 9.17) is 4.74 Å². The largest absolute Gasteiger partial charge is 0.478 e. The molecule has 0 saturated carbocycles. The van der Waals surface area contributed by atoms with Crippen LogP contribution in [-0.4, -0.2) is 47.1 Å². The molecule has 2 amide bonds. The Labute approximate surface area is 124 Å². The maximum atomic E-state index is 11.9. The van der Waals surface area contributed by atoms with Crippen molar-refractivity contribution in [2.75, 3.05) is 31.2 Å². The fourth-order valence-corrected chi connectivity index (χ4v) is 2.77. The van der Waals surface area contributed by atoms with Crippen LogP contribution in [0, 0.1) is 0 Å². The Hall–Kier alpha value is -1.43. The number of hydrogen-bond donors (Lipinski definition) is 1. The van der Waals surface area contributed by atoms with E-state index in [9.17, 15) is 4.79 Å². The van der Waals surface area contributed by atoms with Crippen molar-refractivity contribution in [1.29, 1.82) is 0 Å². The standard InChI is InChI=1S/C14H21N3O2S/c1-2-7-19-13-4-3-12(10-15-13)11-16-14(18)17-5-8-20-9-6-17/h3-4,10H,2,5-9,11H2,1H3,(H,16,18). The summed E-state index contributed by atoms with van der Waals surface area (Å²) in [7, 11) is 0. The average molecular weight is 295 g/mol. The minimum atomic E-state index is 0.0107. The van der Waals surface area contributed by atoms with Gasteiger partial charge in [-0.2, -0.15) is 11.8 Å². The van der Waals surface area contributed by atoms with E-state index in [2.05, 4.69) is 17.2 Å². The minimum absolute atomic E-state index is 0.0107. The lowest BCUT2D eigenvalue weighted by atomic mass is 10.3. The molecule has 5 nitrogen and oxygen atoms in total. The van der Waals surface area contributed by atoms with Gasteiger partial charge in [-0.3, -0.25) is 0 Å². The first-order chi connectivity index (χ1) is 9.79. The molecule has 0 radical (unpaired) electrons. The van der Waals surface area contributed by atoms with E-state index < -0.39 is 0 Å². The molecular weight excluding hydrogens is 274 g/mol. The van der Waals surface area contributed by atoms with E-state index in [0.29, 0.717) is 19.0 Å². The summed E-state index contributed by atoms with van der Waals surface area (Å²) in [5.74, 6) is 2.69. The van der Waals surface area contributed by atoms with E-state index in [0.717, 1.165) is 36.6 Å². The molecule has 0 aliphatic carbocycles. The molecule has 6 heteroatoms. The van der Waals surface area contributed by atoms with Gasteiger partial charge in [-0.1, -0.05) is 13.0 Å². The van der Waals surface area contributed by atoms with Crippen LogP contribution in [-0.2, 0) is 6.54 Å². The first-order valence-corrected chi connectivity index (χ1v) is 8.13. The molecule has 0 atom stereocenters. The maximum absolute atomic E-state index is 11.9. The van der Waals surface area contributed by atoms with Gasteiger partial charge in [-0.05, 0) is 12.0 Å². The number of aromatic nitrogens is 1. The Bertz CT molecular complexity index is 419. The number of urea groups is 1. The van der Waals surface area contributed by atoms with Gasteiger partial charge < -0.3 is 15.0 Å². The van der Waals surface area contributed by atoms with Crippen molar-refractivity contribution in [3.63, 3.8) is 0 Å². The number of nitrogens with one attached hydrogen (secondary N) is 1. The third kappa shape index (κ3) is 4.59. The van der Waals surface area contributed by atoms with Crippen LogP contribution in [0.4, 0.5) is 4.79 Å². The maximum Gasteiger partial charge on any atom is 0.317 e. The second-order valence-electron chi connectivity index (χ2n) is 4.61. The number of carbonyl (C=O) groups excluding carboxylic acids is 1. The fraction of sp³-hybridized carbons (Fsp3) is 0.571. The van der Waals surface area contributed by atoms with Gasteiger partial charge in [0.1, 0.15) is 0 Å². The molecule has 110 valence electrons. The van der Waals surface area contributed by atoms with Crippen LogP contribution in [0.3, 0.4) is 0 Å². The van der Waals surface area contributed by atoms with Crippen LogP contribution in [0.25, 0.3) is 0 Å². The van der Waals surface area contributed by atoms with E-state index in [1.165, 1.54) is 0 Å². The summed E-state index contributed by atoms with van der Waals surface area (Å²) in [5, 5.41) is 2.93. The highest BCUT2D eigenvalue weighted by Crippen LogP contribution is 2.10. The van der Waals surface area contributed by atoms with Gasteiger partial charge in [0.25, 0.3) is 0 Å². The molecule has 0 aromatic carbocycles. The highest BCUT2D eigenvalue weighted by molar-refractivity contribution is 7.99. The van der Waals surface area contributed by atoms with Crippen molar-refractivity contribution in [3.05, 3.63) is 23.9 Å². The van der Waals surface area contributed by atoms with Gasteiger partial charge in [0.05, 0.1) is 6.61 Å². The summed E-state index contributed by atoms with van der Waals surface area (Å²) in [6.07, 6.45) is 2.71. The normalized spacial score (nSPS) is 14.9. The predicted molar refractivity (Wildman–Crippen MR) is 81.2 cm³/mol. The molecule has 0 bridgehead atoms. The van der Waals surface area contributed by atoms with Crippen LogP contribution in [0.2, 0.25) is 0 Å². The molecule has 20 heavy (non-hydrogen) atoms. The quantitative estimate of drug-likeness (QED) is 0.904. The number of nitrogens with zero attached hydrogens (tertiary/aromatic N) is 2. The monoisotopic (exact) mass is 295 g/mol. The summed E-state index contributed by atoms with van der Waals surface area (Å²) in [4.78, 5) is 18.0. The van der Waals surface area contributed by atoms with Crippen molar-refractivity contribution in [3.8, 4) is 5.88 Å². The number of ether oxygens (including phenoxy) is 1. The Kier molecular flexibility index (Phi) is 5.98. The number of amides is 2. The molecule has 1 N–H and O–H groups in total. The van der Waals surface area contributed by atoms with Crippen molar-refractivity contribution in [1.82, 2.24) is 15.2 Å². The molecule has 1 aromatic rings. The summed E-state index contributed by atoms with van der Waals surface area (Å²) in [5.41, 5.74) is 0.980. The SMILES string of the molecule is CCCOc1ccc(CNC(=O)N2CCSCC2)cn1. The van der Waals surface area contributed by atoms with Crippen LogP contribution in [0.1, 0.15) is 18.9 Å². The second-order valence-corrected chi connectivity index (χ2v) is 5.84. The molecule has 2 heterocycles. The third-order valence-electron chi connectivity index (χ3n) is 2.99. The van der Waals surface area contributed by atoms with Crippen LogP contribution < -0.4 is 10.1 Å². The lowest BCUT2D eigenvalue weighted by Crippen LogP contribution is -2.44. The van der Waals surface area contributed by atoms with Gasteiger partial charge in [-0.15, -0.1) is 0 Å². The number of carbonyl (C=O) groups is 1. The van der Waals surface area contributed by atoms with Crippen molar-refractivity contribution in [2.24, 2.45) is 0 Å². The zero-order valence-corrected chi connectivity index (χ0v) is 12.6. The van der Waals surface area contributed by atoms with Crippen LogP contribution in [0.15, 0.2) is 18.3 Å². The minimum Gasteiger partial charge on any atom is -0.478 e. The highest BCUT2D eigenvalue weighted by atomic mass is 32.2. The van der Waals surface area contributed by atoms with Crippen molar-refractivity contribution in [2.45, 2.75) is 19.9 Å². The smallest absolute Gasteiger partial charge is 0.317 e. The summed E-state index contributed by atoms with van der Waals surface area (Å²) in [6.45, 7) is 4.90. The molecule has 1 aliphatic heterocycles. The van der Waals surface area contributed by atoms with Gasteiger partial charge in [0.2, 0.25) is 5.88 Å². The summed E-state index contributed by atoms with van der Waals surface area (Å²) >= 11 is 1.89. The Morgan fingerprint density at radius 2 is 2.25 bits per heavy atom. The first kappa shape index (κ1) is 15.0. The fourth-order valence-electron chi connectivity index (χ4n) is 1.86. The number of pyridine rings is 1. The van der Waals surface area contributed by atoms with E-state index in [-0.39, 0.29) is 6.03 Å². The van der Waals surface area contributed by atoms with E-state index >= 15 is 0 Å². The van der Waals surface area contributed by atoms with Gasteiger partial charge in [0.15, 0.2) is 0 Å². The van der Waals surface area contributed by atoms with Gasteiger partial charge >= 0.3 is 6.03 Å². The lowest BCUT2D eigenvalue weighted by molar-refractivity contribution is 0.202. The molecule has 1 fully saturated rings. The molecule has 1 aliphatic rings. The van der Waals surface area contributed by atoms with Crippen molar-refractivity contribution >= 4 is 17.8 Å². The number of thioether (sulfide) groups is 1. The molecule has 0 spiro atoms. The summed E-state index contributed by atoms with van der Waals surface area (Å²) in [6, 6.07) is 3.79. The molecule has 0 unspecified atom stereocenters. The predicted octanol–water partition coefficient (Wildman–Crippen LogP) is 2.13. The number of rotatable bonds is 5. The Balaban J connectivity index is 1.76. The Morgan fingerprint density at radius 1 is 1.45 bits per heavy atom. The number of hydrogen-bond acceptors (Lipinski definition) is 4. The molecular formula is C14H21N3O2S. The first-order valence-electron chi connectivity index (χ1n) is 6.98. The zero-order valence-electron chi connectivity index (χ0n) is 11.8. The van der Waals surface area contributed by atoms with Crippen LogP contribution in [0.5, 0.6) is 5.88 Å². The molecule has 2 rings (SSSR count). The third-order valence-corrected chi connectivity index (χ3v) is 3.94. The lowest BCUT2D eigenvalue weighted by Gasteiger charge is -2.26. The second kappa shape index (κ2) is 7.99. The van der Waals surface area contributed by atoms with Crippen LogP contribution >= 0.6 is 11.8 Å².